The summed E-state index contributed by atoms with van der Waals surface area (Å²) in [6.45, 7) is 2.37. The number of hydrogen-bond donors (Lipinski definition) is 1. The van der Waals surface area contributed by atoms with Crippen molar-refractivity contribution in [2.75, 3.05) is 13.7 Å². The van der Waals surface area contributed by atoms with Crippen LogP contribution in [0.1, 0.15) is 54.0 Å². The van der Waals surface area contributed by atoms with E-state index in [0.717, 1.165) is 24.8 Å². The lowest BCUT2D eigenvalue weighted by Crippen LogP contribution is -2.42. The summed E-state index contributed by atoms with van der Waals surface area (Å²) in [5.41, 5.74) is 1.10. The Hall–Kier alpha value is -3.17. The van der Waals surface area contributed by atoms with Crippen LogP contribution in [0.4, 0.5) is 0 Å². The second-order valence-corrected chi connectivity index (χ2v) is 10.4. The highest BCUT2D eigenvalue weighted by Crippen LogP contribution is 2.32. The van der Waals surface area contributed by atoms with Gasteiger partial charge in [-0.15, -0.1) is 0 Å². The number of aryl methyl sites for hydroxylation is 1. The summed E-state index contributed by atoms with van der Waals surface area (Å²) >= 11 is 0. The number of ether oxygens (including phenoxy) is 1. The number of piperidine rings is 1. The Labute approximate surface area is 200 Å². The molecule has 3 aromatic rings. The van der Waals surface area contributed by atoms with Crippen LogP contribution in [0.3, 0.4) is 0 Å². The highest BCUT2D eigenvalue weighted by molar-refractivity contribution is 7.89. The monoisotopic (exact) mass is 482 g/mol. The molecule has 2 aromatic carbocycles. The summed E-state index contributed by atoms with van der Waals surface area (Å²) in [4.78, 5) is 17.8. The number of carbonyl (C=O) groups excluding carboxylic acids is 1. The van der Waals surface area contributed by atoms with Crippen LogP contribution in [0.15, 0.2) is 65.8 Å². The summed E-state index contributed by atoms with van der Waals surface area (Å²) in [6.07, 6.45) is 6.12. The van der Waals surface area contributed by atoms with E-state index < -0.39 is 22.0 Å². The molecule has 0 radical (unpaired) electrons. The maximum atomic E-state index is 13.5. The molecule has 9 heteroatoms. The number of nitrogens with zero attached hydrogens (tertiary/aromatic N) is 3. The van der Waals surface area contributed by atoms with Crippen LogP contribution in [-0.4, -0.2) is 47.9 Å². The zero-order chi connectivity index (χ0) is 24.3. The van der Waals surface area contributed by atoms with Gasteiger partial charge >= 0.3 is 0 Å². The van der Waals surface area contributed by atoms with Gasteiger partial charge in [0.2, 0.25) is 10.0 Å². The van der Waals surface area contributed by atoms with Gasteiger partial charge in [-0.2, -0.15) is 4.31 Å². The van der Waals surface area contributed by atoms with Crippen molar-refractivity contribution in [1.82, 2.24) is 19.2 Å². The van der Waals surface area contributed by atoms with E-state index in [1.165, 1.54) is 23.5 Å². The Kier molecular flexibility index (Phi) is 7.04. The molecule has 1 aromatic heterocycles. The predicted octanol–water partition coefficient (Wildman–Crippen LogP) is 3.51. The Bertz CT molecular complexity index is 1260. The number of imidazole rings is 1. The van der Waals surface area contributed by atoms with Gasteiger partial charge in [-0.1, -0.05) is 36.8 Å². The number of aromatic nitrogens is 2. The maximum Gasteiger partial charge on any atom is 0.252 e. The van der Waals surface area contributed by atoms with Gasteiger partial charge in [0.25, 0.3) is 5.91 Å². The molecular weight excluding hydrogens is 452 g/mol. The topological polar surface area (TPSA) is 93.5 Å². The van der Waals surface area contributed by atoms with E-state index in [2.05, 4.69) is 10.3 Å². The highest BCUT2D eigenvalue weighted by Gasteiger charge is 2.34. The Balaban J connectivity index is 1.69. The second kappa shape index (κ2) is 9.99. The molecule has 2 heterocycles. The fourth-order valence-electron chi connectivity index (χ4n) is 4.39. The van der Waals surface area contributed by atoms with E-state index in [1.54, 1.807) is 12.3 Å². The van der Waals surface area contributed by atoms with Crippen molar-refractivity contribution in [3.63, 3.8) is 0 Å². The third-order valence-corrected chi connectivity index (χ3v) is 8.31. The molecular formula is C25H30N4O4S. The summed E-state index contributed by atoms with van der Waals surface area (Å²) in [5.74, 6) is 0.490. The number of carbonyl (C=O) groups is 1. The number of sulfonamides is 1. The van der Waals surface area contributed by atoms with E-state index in [-0.39, 0.29) is 22.3 Å². The van der Waals surface area contributed by atoms with Crippen LogP contribution in [0.2, 0.25) is 0 Å². The summed E-state index contributed by atoms with van der Waals surface area (Å²) in [5, 5.41) is 3.03. The van der Waals surface area contributed by atoms with Crippen LogP contribution < -0.4 is 10.1 Å². The molecule has 1 aliphatic heterocycles. The van der Waals surface area contributed by atoms with Crippen LogP contribution in [0.25, 0.3) is 0 Å². The molecule has 4 rings (SSSR count). The van der Waals surface area contributed by atoms with Gasteiger partial charge in [-0.3, -0.25) is 4.79 Å². The van der Waals surface area contributed by atoms with Crippen molar-refractivity contribution >= 4 is 15.9 Å². The largest absolute Gasteiger partial charge is 0.495 e. The Morgan fingerprint density at radius 3 is 2.59 bits per heavy atom. The van der Waals surface area contributed by atoms with Crippen molar-refractivity contribution in [2.24, 2.45) is 7.05 Å². The SMILES string of the molecule is COc1ccc(C(=O)NC(c2ccccc2)c2nccn2C)cc1S(=O)(=O)N1CCCCC1C. The molecule has 1 amide bonds. The van der Waals surface area contributed by atoms with E-state index in [0.29, 0.717) is 12.4 Å². The first-order chi connectivity index (χ1) is 16.3. The standard InChI is InChI=1S/C25H30N4O4S/c1-18-9-7-8-15-29(18)34(31,32)22-17-20(12-13-21(22)33-3)25(30)27-23(19-10-5-4-6-11-19)24-26-14-16-28(24)2/h4-6,10-14,16-18,23H,7-9,15H2,1-3H3,(H,27,30). The van der Waals surface area contributed by atoms with Crippen LogP contribution in [0.5, 0.6) is 5.75 Å². The van der Waals surface area contributed by atoms with Gasteiger partial charge in [0.05, 0.1) is 7.11 Å². The first-order valence-corrected chi connectivity index (χ1v) is 12.8. The lowest BCUT2D eigenvalue weighted by atomic mass is 10.1. The Morgan fingerprint density at radius 1 is 1.18 bits per heavy atom. The number of hydrogen-bond acceptors (Lipinski definition) is 5. The van der Waals surface area contributed by atoms with Gasteiger partial charge in [0.1, 0.15) is 22.5 Å². The van der Waals surface area contributed by atoms with E-state index in [1.807, 2.05) is 55.1 Å². The zero-order valence-corrected chi connectivity index (χ0v) is 20.5. The fraction of sp³-hybridized carbons (Fsp3) is 0.360. The summed E-state index contributed by atoms with van der Waals surface area (Å²) in [7, 11) is -0.535. The molecule has 2 unspecified atom stereocenters. The highest BCUT2D eigenvalue weighted by atomic mass is 32.2. The third kappa shape index (κ3) is 4.71. The molecule has 1 fully saturated rings. The number of benzene rings is 2. The molecule has 0 spiro atoms. The Morgan fingerprint density at radius 2 is 1.94 bits per heavy atom. The lowest BCUT2D eigenvalue weighted by molar-refractivity contribution is 0.0941. The molecule has 34 heavy (non-hydrogen) atoms. The van der Waals surface area contributed by atoms with Crippen molar-refractivity contribution in [3.05, 3.63) is 77.9 Å². The second-order valence-electron chi connectivity index (χ2n) is 8.54. The molecule has 8 nitrogen and oxygen atoms in total. The molecule has 1 N–H and O–H groups in total. The fourth-order valence-corrected chi connectivity index (χ4v) is 6.27. The summed E-state index contributed by atoms with van der Waals surface area (Å²) < 4.78 is 35.8. The van der Waals surface area contributed by atoms with Crippen molar-refractivity contribution < 1.29 is 17.9 Å². The van der Waals surface area contributed by atoms with Crippen molar-refractivity contribution in [2.45, 2.75) is 43.2 Å². The minimum atomic E-state index is -3.83. The number of nitrogens with one attached hydrogen (secondary N) is 1. The number of methoxy groups -OCH3 is 1. The lowest BCUT2D eigenvalue weighted by Gasteiger charge is -2.32. The van der Waals surface area contributed by atoms with E-state index in [9.17, 15) is 13.2 Å². The first kappa shape index (κ1) is 24.0. The van der Waals surface area contributed by atoms with Gasteiger partial charge in [-0.25, -0.2) is 13.4 Å². The number of amides is 1. The molecule has 0 saturated carbocycles. The van der Waals surface area contributed by atoms with E-state index >= 15 is 0 Å². The number of rotatable bonds is 7. The van der Waals surface area contributed by atoms with Crippen LogP contribution >= 0.6 is 0 Å². The molecule has 2 atom stereocenters. The minimum absolute atomic E-state index is 0.00431. The molecule has 1 saturated heterocycles. The quantitative estimate of drug-likeness (QED) is 0.556. The average Bonchev–Trinajstić information content (AvgIpc) is 3.28. The van der Waals surface area contributed by atoms with Gasteiger partial charge in [0.15, 0.2) is 0 Å². The molecule has 1 aliphatic rings. The normalized spacial score (nSPS) is 17.8. The summed E-state index contributed by atoms with van der Waals surface area (Å²) in [6, 6.07) is 13.5. The average molecular weight is 483 g/mol. The van der Waals surface area contributed by atoms with Gasteiger partial charge in [0, 0.05) is 37.6 Å². The molecule has 180 valence electrons. The zero-order valence-electron chi connectivity index (χ0n) is 19.6. The van der Waals surface area contributed by atoms with Crippen LogP contribution in [-0.2, 0) is 17.1 Å². The van der Waals surface area contributed by atoms with E-state index in [4.69, 9.17) is 4.74 Å². The van der Waals surface area contributed by atoms with Crippen molar-refractivity contribution in [3.8, 4) is 5.75 Å². The first-order valence-electron chi connectivity index (χ1n) is 11.4. The van der Waals surface area contributed by atoms with Gasteiger partial charge < -0.3 is 14.6 Å². The molecule has 0 aliphatic carbocycles. The maximum absolute atomic E-state index is 13.5. The minimum Gasteiger partial charge on any atom is -0.495 e. The predicted molar refractivity (Wildman–Crippen MR) is 129 cm³/mol. The van der Waals surface area contributed by atoms with Crippen molar-refractivity contribution in [1.29, 1.82) is 0 Å². The van der Waals surface area contributed by atoms with Gasteiger partial charge in [-0.05, 0) is 43.5 Å². The third-order valence-electron chi connectivity index (χ3n) is 6.28. The molecule has 0 bridgehead atoms. The smallest absolute Gasteiger partial charge is 0.252 e. The van der Waals surface area contributed by atoms with Crippen LogP contribution in [0, 0.1) is 0 Å².